The van der Waals surface area contributed by atoms with Gasteiger partial charge in [0.15, 0.2) is 11.6 Å². The predicted molar refractivity (Wildman–Crippen MR) is 62.7 cm³/mol. The Balaban J connectivity index is 3.01. The summed E-state index contributed by atoms with van der Waals surface area (Å²) >= 11 is 2.98. The van der Waals surface area contributed by atoms with Crippen molar-refractivity contribution in [1.82, 2.24) is 5.32 Å². The standard InChI is InChI=1S/C11H12BrF2NO2/c1-11(2,5-16)15-10(17)6-3-8(13)9(14)4-7(6)12/h3-4,16H,5H2,1-2H3,(H,15,17). The quantitative estimate of drug-likeness (QED) is 0.841. The minimum Gasteiger partial charge on any atom is -0.394 e. The molecule has 0 aliphatic heterocycles. The second-order valence-corrected chi connectivity index (χ2v) is 5.10. The van der Waals surface area contributed by atoms with Crippen molar-refractivity contribution < 1.29 is 18.7 Å². The molecule has 1 rings (SSSR count). The summed E-state index contributed by atoms with van der Waals surface area (Å²) in [6, 6.07) is 1.69. The van der Waals surface area contributed by atoms with E-state index in [1.54, 1.807) is 13.8 Å². The summed E-state index contributed by atoms with van der Waals surface area (Å²) in [5.74, 6) is -2.72. The minimum atomic E-state index is -1.10. The maximum atomic E-state index is 13.0. The van der Waals surface area contributed by atoms with Gasteiger partial charge in [-0.3, -0.25) is 4.79 Å². The lowest BCUT2D eigenvalue weighted by atomic mass is 10.1. The summed E-state index contributed by atoms with van der Waals surface area (Å²) in [5, 5.41) is 11.5. The number of halogens is 3. The van der Waals surface area contributed by atoms with E-state index < -0.39 is 23.1 Å². The minimum absolute atomic E-state index is 0.0228. The molecule has 0 aliphatic rings. The average molecular weight is 308 g/mol. The van der Waals surface area contributed by atoms with Gasteiger partial charge in [0.1, 0.15) is 0 Å². The molecule has 0 atom stereocenters. The molecule has 0 unspecified atom stereocenters. The first kappa shape index (κ1) is 14.1. The fourth-order valence-electron chi connectivity index (χ4n) is 1.11. The zero-order chi connectivity index (χ0) is 13.2. The molecule has 0 bridgehead atoms. The van der Waals surface area contributed by atoms with Gasteiger partial charge in [0.05, 0.1) is 17.7 Å². The highest BCUT2D eigenvalue weighted by Gasteiger charge is 2.22. The third kappa shape index (κ3) is 3.47. The van der Waals surface area contributed by atoms with Crippen molar-refractivity contribution in [2.45, 2.75) is 19.4 Å². The number of benzene rings is 1. The first-order chi connectivity index (χ1) is 7.76. The molecular formula is C11H12BrF2NO2. The molecule has 0 radical (unpaired) electrons. The maximum Gasteiger partial charge on any atom is 0.253 e. The third-order valence-corrected chi connectivity index (χ3v) is 2.76. The smallest absolute Gasteiger partial charge is 0.253 e. The van der Waals surface area contributed by atoms with Crippen LogP contribution in [0, 0.1) is 11.6 Å². The molecule has 6 heteroatoms. The van der Waals surface area contributed by atoms with Crippen LogP contribution in [0.4, 0.5) is 8.78 Å². The van der Waals surface area contributed by atoms with E-state index in [0.717, 1.165) is 12.1 Å². The van der Waals surface area contributed by atoms with Crippen LogP contribution in [-0.4, -0.2) is 23.2 Å². The molecular weight excluding hydrogens is 296 g/mol. The molecule has 0 aromatic heterocycles. The van der Waals surface area contributed by atoms with E-state index in [-0.39, 0.29) is 16.6 Å². The lowest BCUT2D eigenvalue weighted by Gasteiger charge is -2.23. The molecule has 17 heavy (non-hydrogen) atoms. The Morgan fingerprint density at radius 1 is 1.41 bits per heavy atom. The van der Waals surface area contributed by atoms with E-state index in [1.165, 1.54) is 0 Å². The number of hydrogen-bond donors (Lipinski definition) is 2. The van der Waals surface area contributed by atoms with Crippen LogP contribution in [0.15, 0.2) is 16.6 Å². The molecule has 1 amide bonds. The highest BCUT2D eigenvalue weighted by molar-refractivity contribution is 9.10. The Morgan fingerprint density at radius 2 is 1.94 bits per heavy atom. The molecule has 1 aromatic rings. The summed E-state index contributed by atoms with van der Waals surface area (Å²) in [5.41, 5.74) is -0.855. The van der Waals surface area contributed by atoms with Gasteiger partial charge in [0, 0.05) is 4.47 Å². The largest absolute Gasteiger partial charge is 0.394 e. The Labute approximate surface area is 106 Å². The van der Waals surface area contributed by atoms with Gasteiger partial charge in [0.2, 0.25) is 0 Å². The van der Waals surface area contributed by atoms with E-state index in [9.17, 15) is 13.6 Å². The lowest BCUT2D eigenvalue weighted by Crippen LogP contribution is -2.46. The SMILES string of the molecule is CC(C)(CO)NC(=O)c1cc(F)c(F)cc1Br. The summed E-state index contributed by atoms with van der Waals surface area (Å²) in [6.07, 6.45) is 0. The van der Waals surface area contributed by atoms with Gasteiger partial charge in [-0.1, -0.05) is 0 Å². The van der Waals surface area contributed by atoms with Gasteiger partial charge in [-0.05, 0) is 41.9 Å². The predicted octanol–water partition coefficient (Wildman–Crippen LogP) is 2.23. The number of carbonyl (C=O) groups excluding carboxylic acids is 1. The summed E-state index contributed by atoms with van der Waals surface area (Å²) in [6.45, 7) is 2.96. The third-order valence-electron chi connectivity index (χ3n) is 2.10. The Kier molecular flexibility index (Phi) is 4.21. The van der Waals surface area contributed by atoms with E-state index in [1.807, 2.05) is 0 Å². The number of hydrogen-bond acceptors (Lipinski definition) is 2. The lowest BCUT2D eigenvalue weighted by molar-refractivity contribution is 0.0868. The van der Waals surface area contributed by atoms with Gasteiger partial charge in [-0.25, -0.2) is 8.78 Å². The molecule has 2 N–H and O–H groups in total. The molecule has 0 saturated carbocycles. The molecule has 1 aromatic carbocycles. The summed E-state index contributed by atoms with van der Waals surface area (Å²) < 4.78 is 26.0. The molecule has 3 nitrogen and oxygen atoms in total. The zero-order valence-corrected chi connectivity index (χ0v) is 10.9. The maximum absolute atomic E-state index is 13.0. The van der Waals surface area contributed by atoms with Crippen molar-refractivity contribution in [2.24, 2.45) is 0 Å². The Hall–Kier alpha value is -1.01. The van der Waals surface area contributed by atoms with Crippen LogP contribution in [0.3, 0.4) is 0 Å². The normalized spacial score (nSPS) is 11.4. The molecule has 0 saturated heterocycles. The zero-order valence-electron chi connectivity index (χ0n) is 9.35. The molecule has 0 spiro atoms. The van der Waals surface area contributed by atoms with Gasteiger partial charge in [-0.15, -0.1) is 0 Å². The van der Waals surface area contributed by atoms with Gasteiger partial charge in [-0.2, -0.15) is 0 Å². The first-order valence-electron chi connectivity index (χ1n) is 4.85. The van der Waals surface area contributed by atoms with Crippen molar-refractivity contribution in [1.29, 1.82) is 0 Å². The summed E-state index contributed by atoms with van der Waals surface area (Å²) in [4.78, 5) is 11.8. The molecule has 94 valence electrons. The number of amides is 1. The van der Waals surface area contributed by atoms with Gasteiger partial charge >= 0.3 is 0 Å². The monoisotopic (exact) mass is 307 g/mol. The highest BCUT2D eigenvalue weighted by atomic mass is 79.9. The number of rotatable bonds is 3. The molecule has 0 fully saturated rings. The van der Waals surface area contributed by atoms with Gasteiger partial charge in [0.25, 0.3) is 5.91 Å². The van der Waals surface area contributed by atoms with Crippen molar-refractivity contribution in [3.05, 3.63) is 33.8 Å². The average Bonchev–Trinajstić information content (AvgIpc) is 2.22. The van der Waals surface area contributed by atoms with Crippen LogP contribution in [0.25, 0.3) is 0 Å². The second kappa shape index (κ2) is 5.10. The Morgan fingerprint density at radius 3 is 2.47 bits per heavy atom. The topological polar surface area (TPSA) is 49.3 Å². The summed E-state index contributed by atoms with van der Waals surface area (Å²) in [7, 11) is 0. The fraction of sp³-hybridized carbons (Fsp3) is 0.364. The van der Waals surface area contributed by atoms with Crippen LogP contribution in [0.1, 0.15) is 24.2 Å². The van der Waals surface area contributed by atoms with Crippen LogP contribution in [-0.2, 0) is 0 Å². The fourth-order valence-corrected chi connectivity index (χ4v) is 1.61. The van der Waals surface area contributed by atoms with E-state index in [2.05, 4.69) is 21.2 Å². The van der Waals surface area contributed by atoms with E-state index in [4.69, 9.17) is 5.11 Å². The van der Waals surface area contributed by atoms with Crippen molar-refractivity contribution >= 4 is 21.8 Å². The van der Waals surface area contributed by atoms with Crippen molar-refractivity contribution in [2.75, 3.05) is 6.61 Å². The van der Waals surface area contributed by atoms with Crippen LogP contribution in [0.5, 0.6) is 0 Å². The number of nitrogens with one attached hydrogen (secondary N) is 1. The van der Waals surface area contributed by atoms with Crippen molar-refractivity contribution in [3.8, 4) is 0 Å². The van der Waals surface area contributed by atoms with E-state index in [0.29, 0.717) is 0 Å². The first-order valence-corrected chi connectivity index (χ1v) is 5.64. The molecule has 0 aliphatic carbocycles. The number of aliphatic hydroxyl groups excluding tert-OH is 1. The second-order valence-electron chi connectivity index (χ2n) is 4.24. The van der Waals surface area contributed by atoms with Crippen LogP contribution < -0.4 is 5.32 Å². The molecule has 0 heterocycles. The van der Waals surface area contributed by atoms with E-state index >= 15 is 0 Å². The van der Waals surface area contributed by atoms with Gasteiger partial charge < -0.3 is 10.4 Å². The highest BCUT2D eigenvalue weighted by Crippen LogP contribution is 2.21. The Bertz CT molecular complexity index is 449. The van der Waals surface area contributed by atoms with Crippen LogP contribution >= 0.6 is 15.9 Å². The van der Waals surface area contributed by atoms with Crippen molar-refractivity contribution in [3.63, 3.8) is 0 Å². The number of aliphatic hydroxyl groups is 1. The van der Waals surface area contributed by atoms with Crippen LogP contribution in [0.2, 0.25) is 0 Å². The number of carbonyl (C=O) groups is 1.